The minimum absolute atomic E-state index is 0.132. The van der Waals surface area contributed by atoms with Gasteiger partial charge in [0.2, 0.25) is 0 Å². The van der Waals surface area contributed by atoms with E-state index in [2.05, 4.69) is 0 Å². The van der Waals surface area contributed by atoms with Crippen LogP contribution >= 0.6 is 0 Å². The van der Waals surface area contributed by atoms with Crippen molar-refractivity contribution in [3.8, 4) is 0 Å². The first kappa shape index (κ1) is 9.45. The number of rotatable bonds is 2. The molecule has 0 aliphatic heterocycles. The van der Waals surface area contributed by atoms with E-state index in [0.717, 1.165) is 11.1 Å². The highest BCUT2D eigenvalue weighted by atomic mass is 16.6. The van der Waals surface area contributed by atoms with Crippen molar-refractivity contribution in [1.82, 2.24) is 0 Å². The van der Waals surface area contributed by atoms with E-state index in [1.807, 2.05) is 19.9 Å². The van der Waals surface area contributed by atoms with E-state index in [1.54, 1.807) is 12.1 Å². The first-order valence-electron chi connectivity index (χ1n) is 4.03. The monoisotopic (exact) mass is 177 g/mol. The van der Waals surface area contributed by atoms with E-state index in [9.17, 15) is 10.1 Å². The summed E-state index contributed by atoms with van der Waals surface area (Å²) in [6.45, 7) is 3.91. The fourth-order valence-corrected chi connectivity index (χ4v) is 1.01. The maximum Gasteiger partial charge on any atom is 0.269 e. The minimum Gasteiger partial charge on any atom is -0.258 e. The van der Waals surface area contributed by atoms with Crippen molar-refractivity contribution < 1.29 is 4.92 Å². The van der Waals surface area contributed by atoms with Gasteiger partial charge in [-0.2, -0.15) is 0 Å². The molecule has 68 valence electrons. The summed E-state index contributed by atoms with van der Waals surface area (Å²) in [5.41, 5.74) is 2.27. The van der Waals surface area contributed by atoms with Crippen LogP contribution in [0.25, 0.3) is 5.57 Å². The van der Waals surface area contributed by atoms with Crippen molar-refractivity contribution in [2.45, 2.75) is 13.8 Å². The molecule has 0 heterocycles. The predicted molar refractivity (Wildman–Crippen MR) is 52.4 cm³/mol. The summed E-state index contributed by atoms with van der Waals surface area (Å²) < 4.78 is 0. The number of nitro benzene ring substituents is 1. The average Bonchev–Trinajstić information content (AvgIpc) is 2.17. The molecule has 3 heteroatoms. The molecule has 0 N–H and O–H groups in total. The Balaban J connectivity index is 3.00. The molecule has 0 saturated heterocycles. The highest BCUT2D eigenvalue weighted by Gasteiger charge is 2.03. The summed E-state index contributed by atoms with van der Waals surface area (Å²) in [4.78, 5) is 9.95. The van der Waals surface area contributed by atoms with E-state index in [0.29, 0.717) is 0 Å². The van der Waals surface area contributed by atoms with Crippen molar-refractivity contribution in [1.29, 1.82) is 0 Å². The Morgan fingerprint density at radius 3 is 2.31 bits per heavy atom. The smallest absolute Gasteiger partial charge is 0.258 e. The standard InChI is InChI=1S/C10H11NO2/c1-3-8(2)9-4-6-10(7-5-9)11(12)13/h3-7H,1-2H3/b8-3+. The lowest BCUT2D eigenvalue weighted by molar-refractivity contribution is -0.384. The topological polar surface area (TPSA) is 43.1 Å². The first-order chi connectivity index (χ1) is 6.15. The molecule has 1 aromatic rings. The summed E-state index contributed by atoms with van der Waals surface area (Å²) in [7, 11) is 0. The summed E-state index contributed by atoms with van der Waals surface area (Å²) in [6, 6.07) is 6.55. The molecule has 13 heavy (non-hydrogen) atoms. The van der Waals surface area contributed by atoms with Gasteiger partial charge in [-0.3, -0.25) is 10.1 Å². The van der Waals surface area contributed by atoms with Gasteiger partial charge in [-0.1, -0.05) is 6.08 Å². The van der Waals surface area contributed by atoms with Gasteiger partial charge in [0.1, 0.15) is 0 Å². The Bertz CT molecular complexity index is 338. The van der Waals surface area contributed by atoms with Crippen LogP contribution in [0.3, 0.4) is 0 Å². The zero-order chi connectivity index (χ0) is 9.84. The molecule has 0 fully saturated rings. The van der Waals surface area contributed by atoms with Gasteiger partial charge in [0, 0.05) is 12.1 Å². The second kappa shape index (κ2) is 3.85. The molecule has 0 aromatic heterocycles. The van der Waals surface area contributed by atoms with E-state index in [-0.39, 0.29) is 5.69 Å². The first-order valence-corrected chi connectivity index (χ1v) is 4.03. The third kappa shape index (κ3) is 2.15. The summed E-state index contributed by atoms with van der Waals surface area (Å²) in [6.07, 6.45) is 1.97. The SMILES string of the molecule is C/C=C(\C)c1ccc([N+](=O)[O-])cc1. The maximum atomic E-state index is 10.3. The number of hydrogen-bond donors (Lipinski definition) is 0. The van der Waals surface area contributed by atoms with Crippen molar-refractivity contribution in [3.05, 3.63) is 46.0 Å². The molecular weight excluding hydrogens is 166 g/mol. The van der Waals surface area contributed by atoms with Crippen LogP contribution in [0.1, 0.15) is 19.4 Å². The van der Waals surface area contributed by atoms with Crippen molar-refractivity contribution >= 4 is 11.3 Å². The summed E-state index contributed by atoms with van der Waals surface area (Å²) in [5.74, 6) is 0. The molecule has 0 aliphatic carbocycles. The molecule has 3 nitrogen and oxygen atoms in total. The number of benzene rings is 1. The molecule has 0 radical (unpaired) electrons. The molecule has 1 rings (SSSR count). The number of allylic oxidation sites excluding steroid dienone is 2. The molecular formula is C10H11NO2. The van der Waals surface area contributed by atoms with Gasteiger partial charge in [-0.15, -0.1) is 0 Å². The Labute approximate surface area is 76.9 Å². The van der Waals surface area contributed by atoms with E-state index in [4.69, 9.17) is 0 Å². The number of nitrogens with zero attached hydrogens (tertiary/aromatic N) is 1. The Hall–Kier alpha value is -1.64. The third-order valence-electron chi connectivity index (χ3n) is 1.97. The minimum atomic E-state index is -0.394. The zero-order valence-electron chi connectivity index (χ0n) is 7.65. The highest BCUT2D eigenvalue weighted by molar-refractivity contribution is 5.64. The normalized spacial score (nSPS) is 11.4. The number of non-ortho nitro benzene ring substituents is 1. The van der Waals surface area contributed by atoms with E-state index >= 15 is 0 Å². The number of hydrogen-bond acceptors (Lipinski definition) is 2. The van der Waals surface area contributed by atoms with Crippen LogP contribution in [0.4, 0.5) is 5.69 Å². The molecule has 0 atom stereocenters. The second-order valence-corrected chi connectivity index (χ2v) is 2.78. The fraction of sp³-hybridized carbons (Fsp3) is 0.200. The molecule has 1 aromatic carbocycles. The number of nitro groups is 1. The van der Waals surface area contributed by atoms with Gasteiger partial charge in [0.05, 0.1) is 4.92 Å². The molecule has 0 aliphatic rings. The van der Waals surface area contributed by atoms with Gasteiger partial charge in [0.15, 0.2) is 0 Å². The van der Waals surface area contributed by atoms with Gasteiger partial charge >= 0.3 is 0 Å². The van der Waals surface area contributed by atoms with Crippen LogP contribution < -0.4 is 0 Å². The highest BCUT2D eigenvalue weighted by Crippen LogP contribution is 2.17. The van der Waals surface area contributed by atoms with Crippen molar-refractivity contribution in [2.75, 3.05) is 0 Å². The lowest BCUT2D eigenvalue weighted by Gasteiger charge is -1.98. The fourth-order valence-electron chi connectivity index (χ4n) is 1.01. The Kier molecular flexibility index (Phi) is 2.80. The third-order valence-corrected chi connectivity index (χ3v) is 1.97. The van der Waals surface area contributed by atoms with Crippen LogP contribution in [0.2, 0.25) is 0 Å². The summed E-state index contributed by atoms with van der Waals surface area (Å²) >= 11 is 0. The zero-order valence-corrected chi connectivity index (χ0v) is 7.65. The van der Waals surface area contributed by atoms with Crippen LogP contribution in [0.5, 0.6) is 0 Å². The molecule has 0 unspecified atom stereocenters. The van der Waals surface area contributed by atoms with Crippen LogP contribution in [-0.4, -0.2) is 4.92 Å². The molecule has 0 spiro atoms. The second-order valence-electron chi connectivity index (χ2n) is 2.78. The Morgan fingerprint density at radius 1 is 1.38 bits per heavy atom. The Morgan fingerprint density at radius 2 is 1.92 bits per heavy atom. The lowest BCUT2D eigenvalue weighted by Crippen LogP contribution is -1.87. The van der Waals surface area contributed by atoms with Gasteiger partial charge in [-0.25, -0.2) is 0 Å². The molecule has 0 saturated carbocycles. The molecule has 0 bridgehead atoms. The largest absolute Gasteiger partial charge is 0.269 e. The summed E-state index contributed by atoms with van der Waals surface area (Å²) in [5, 5.41) is 10.3. The van der Waals surface area contributed by atoms with Crippen LogP contribution in [0.15, 0.2) is 30.3 Å². The van der Waals surface area contributed by atoms with Crippen LogP contribution in [0, 0.1) is 10.1 Å². The average molecular weight is 177 g/mol. The van der Waals surface area contributed by atoms with E-state index < -0.39 is 4.92 Å². The van der Waals surface area contributed by atoms with E-state index in [1.165, 1.54) is 12.1 Å². The lowest BCUT2D eigenvalue weighted by atomic mass is 10.1. The van der Waals surface area contributed by atoms with Crippen molar-refractivity contribution in [3.63, 3.8) is 0 Å². The maximum absolute atomic E-state index is 10.3. The van der Waals surface area contributed by atoms with Gasteiger partial charge in [0.25, 0.3) is 5.69 Å². The predicted octanol–water partition coefficient (Wildman–Crippen LogP) is 3.02. The van der Waals surface area contributed by atoms with Gasteiger partial charge < -0.3 is 0 Å². The van der Waals surface area contributed by atoms with Crippen LogP contribution in [-0.2, 0) is 0 Å². The van der Waals surface area contributed by atoms with Crippen molar-refractivity contribution in [2.24, 2.45) is 0 Å². The quantitative estimate of drug-likeness (QED) is 0.514. The van der Waals surface area contributed by atoms with Gasteiger partial charge in [-0.05, 0) is 37.1 Å². The molecule has 0 amide bonds.